The van der Waals surface area contributed by atoms with E-state index in [1.54, 1.807) is 0 Å². The number of nitrogens with zero attached hydrogens (tertiary/aromatic N) is 1. The molecule has 2 aromatic rings. The van der Waals surface area contributed by atoms with Crippen molar-refractivity contribution in [2.75, 3.05) is 46.4 Å². The van der Waals surface area contributed by atoms with E-state index in [0.29, 0.717) is 17.2 Å². The molecule has 0 saturated heterocycles. The van der Waals surface area contributed by atoms with Gasteiger partial charge < -0.3 is 29.2 Å². The van der Waals surface area contributed by atoms with Gasteiger partial charge in [-0.2, -0.15) is 0 Å². The number of hydrogen-bond acceptors (Lipinski definition) is 8. The quantitative estimate of drug-likeness (QED) is 0.430. The summed E-state index contributed by atoms with van der Waals surface area (Å²) in [6.07, 6.45) is 1.50. The minimum Gasteiger partial charge on any atom is -0.493 e. The predicted octanol–water partition coefficient (Wildman–Crippen LogP) is 2.87. The zero-order valence-electron chi connectivity index (χ0n) is 20.8. The van der Waals surface area contributed by atoms with Gasteiger partial charge in [0.05, 0.1) is 21.3 Å². The van der Waals surface area contributed by atoms with Crippen LogP contribution in [0.15, 0.2) is 48.2 Å². The Morgan fingerprint density at radius 2 is 1.63 bits per heavy atom. The molecule has 1 aliphatic heterocycles. The molecule has 1 heterocycles. The van der Waals surface area contributed by atoms with Gasteiger partial charge in [-0.05, 0) is 23.8 Å². The van der Waals surface area contributed by atoms with E-state index in [0.717, 1.165) is 16.9 Å². The molecule has 0 aromatic heterocycles. The molecule has 1 amide bonds. The molecule has 0 aliphatic carbocycles. The fourth-order valence-corrected chi connectivity index (χ4v) is 4.12. The van der Waals surface area contributed by atoms with Crippen molar-refractivity contribution in [3.8, 4) is 17.2 Å². The molecule has 9 nitrogen and oxygen atoms in total. The maximum absolute atomic E-state index is 12.5. The maximum atomic E-state index is 12.5. The number of methoxy groups -OCH3 is 3. The van der Waals surface area contributed by atoms with Crippen molar-refractivity contribution in [3.05, 3.63) is 59.3 Å². The van der Waals surface area contributed by atoms with Gasteiger partial charge in [0.15, 0.2) is 23.9 Å². The monoisotopic (exact) mass is 482 g/mol. The summed E-state index contributed by atoms with van der Waals surface area (Å²) >= 11 is 0. The summed E-state index contributed by atoms with van der Waals surface area (Å²) in [5.41, 5.74) is 2.81. The van der Waals surface area contributed by atoms with Gasteiger partial charge in [-0.3, -0.25) is 14.4 Å². The van der Waals surface area contributed by atoms with Crippen LogP contribution in [0, 0.1) is 0 Å². The highest BCUT2D eigenvalue weighted by Crippen LogP contribution is 2.46. The Bertz CT molecular complexity index is 1150. The summed E-state index contributed by atoms with van der Waals surface area (Å²) in [7, 11) is 6.23. The molecule has 9 heteroatoms. The molecular weight excluding hydrogens is 452 g/mol. The van der Waals surface area contributed by atoms with Crippen LogP contribution in [0.1, 0.15) is 29.8 Å². The first kappa shape index (κ1) is 25.6. The number of nitrogens with one attached hydrogen (secondary N) is 1. The number of allylic oxidation sites excluding steroid dienone is 1. The lowest BCUT2D eigenvalue weighted by Gasteiger charge is -2.23. The van der Waals surface area contributed by atoms with Crippen LogP contribution in [0.4, 0.5) is 5.69 Å². The lowest BCUT2D eigenvalue weighted by molar-refractivity contribution is -0.145. The number of carbonyl (C=O) groups is 3. The zero-order valence-corrected chi connectivity index (χ0v) is 20.8. The highest BCUT2D eigenvalue weighted by Gasteiger charge is 2.38. The Morgan fingerprint density at radius 1 is 1.00 bits per heavy atom. The molecule has 0 saturated carbocycles. The molecule has 0 fully saturated rings. The number of benzene rings is 2. The van der Waals surface area contributed by atoms with E-state index in [-0.39, 0.29) is 16.8 Å². The molecule has 35 heavy (non-hydrogen) atoms. The van der Waals surface area contributed by atoms with Gasteiger partial charge in [0.2, 0.25) is 5.75 Å². The van der Waals surface area contributed by atoms with Crippen molar-refractivity contribution in [3.63, 3.8) is 0 Å². The number of hydrogen-bond donors (Lipinski definition) is 1. The lowest BCUT2D eigenvalue weighted by Crippen LogP contribution is -2.31. The molecule has 1 N–H and O–H groups in total. The van der Waals surface area contributed by atoms with Crippen molar-refractivity contribution in [1.29, 1.82) is 0 Å². The number of para-hydroxylation sites is 1. The number of likely N-dealkylation sites (N-methyl/N-ethyl adjacent to an activating group) is 1. The lowest BCUT2D eigenvalue weighted by atomic mass is 9.83. The SMILES string of the molecule is COc1cc(C(=O)NCC(=O)OCC(=O)C=C2N(C)c3ccccc3C2(C)C)cc(OC)c1OC. The van der Waals surface area contributed by atoms with E-state index in [9.17, 15) is 14.4 Å². The number of ether oxygens (including phenoxy) is 4. The second-order valence-electron chi connectivity index (χ2n) is 8.45. The molecule has 0 atom stereocenters. The molecule has 186 valence electrons. The molecule has 0 bridgehead atoms. The highest BCUT2D eigenvalue weighted by molar-refractivity contribution is 5.98. The van der Waals surface area contributed by atoms with Crippen LogP contribution in [-0.2, 0) is 19.7 Å². The van der Waals surface area contributed by atoms with Gasteiger partial charge in [0.25, 0.3) is 5.91 Å². The fraction of sp³-hybridized carbons (Fsp3) is 0.346. The highest BCUT2D eigenvalue weighted by atomic mass is 16.5. The van der Waals surface area contributed by atoms with Crippen LogP contribution in [-0.4, -0.2) is 59.2 Å². The Kier molecular flexibility index (Phi) is 7.68. The minimum absolute atomic E-state index is 0.208. The van der Waals surface area contributed by atoms with E-state index in [2.05, 4.69) is 5.32 Å². The van der Waals surface area contributed by atoms with Gasteiger partial charge in [-0.15, -0.1) is 0 Å². The van der Waals surface area contributed by atoms with Crippen molar-refractivity contribution < 1.29 is 33.3 Å². The number of rotatable bonds is 9. The average Bonchev–Trinajstić information content (AvgIpc) is 3.05. The molecular formula is C26H30N2O7. The maximum Gasteiger partial charge on any atom is 0.325 e. The summed E-state index contributed by atoms with van der Waals surface area (Å²) in [4.78, 5) is 39.2. The standard InChI is InChI=1S/C26H30N2O7/c1-26(2)18-9-7-8-10-19(18)28(3)22(26)13-17(29)15-35-23(30)14-27-25(31)16-11-20(32-4)24(34-6)21(12-16)33-5/h7-13H,14-15H2,1-6H3,(H,27,31). The third kappa shape index (κ3) is 5.24. The molecule has 1 aliphatic rings. The van der Waals surface area contributed by atoms with Gasteiger partial charge in [-0.1, -0.05) is 32.0 Å². The fourth-order valence-electron chi connectivity index (χ4n) is 4.12. The number of anilines is 1. The number of ketones is 1. The van der Waals surface area contributed by atoms with Crippen LogP contribution >= 0.6 is 0 Å². The number of fused-ring (bicyclic) bond motifs is 1. The summed E-state index contributed by atoms with van der Waals surface area (Å²) in [5.74, 6) is -0.670. The molecule has 3 rings (SSSR count). The molecule has 0 unspecified atom stereocenters. The van der Waals surface area contributed by atoms with E-state index in [1.807, 2.05) is 50.1 Å². The number of esters is 1. The Hall–Kier alpha value is -4.01. The topological polar surface area (TPSA) is 103 Å². The van der Waals surface area contributed by atoms with Crippen LogP contribution in [0.3, 0.4) is 0 Å². The van der Waals surface area contributed by atoms with Gasteiger partial charge in [0.1, 0.15) is 6.54 Å². The second kappa shape index (κ2) is 10.5. The third-order valence-electron chi connectivity index (χ3n) is 5.93. The van der Waals surface area contributed by atoms with E-state index in [4.69, 9.17) is 18.9 Å². The second-order valence-corrected chi connectivity index (χ2v) is 8.45. The first-order valence-electron chi connectivity index (χ1n) is 11.0. The zero-order chi connectivity index (χ0) is 25.8. The summed E-state index contributed by atoms with van der Waals surface area (Å²) in [6.45, 7) is 3.25. The first-order chi connectivity index (χ1) is 16.6. The summed E-state index contributed by atoms with van der Waals surface area (Å²) in [6, 6.07) is 10.9. The number of amides is 1. The summed E-state index contributed by atoms with van der Waals surface area (Å²) < 4.78 is 20.8. The Labute approximate surface area is 204 Å². The first-order valence-corrected chi connectivity index (χ1v) is 11.0. The van der Waals surface area contributed by atoms with Gasteiger partial charge >= 0.3 is 5.97 Å². The van der Waals surface area contributed by atoms with Crippen molar-refractivity contribution in [2.24, 2.45) is 0 Å². The Morgan fingerprint density at radius 3 is 2.20 bits per heavy atom. The van der Waals surface area contributed by atoms with Crippen LogP contribution in [0.2, 0.25) is 0 Å². The largest absolute Gasteiger partial charge is 0.493 e. The van der Waals surface area contributed by atoms with Crippen LogP contribution in [0.5, 0.6) is 17.2 Å². The van der Waals surface area contributed by atoms with Crippen molar-refractivity contribution in [1.82, 2.24) is 5.32 Å². The molecule has 2 aromatic carbocycles. The predicted molar refractivity (Wildman–Crippen MR) is 130 cm³/mol. The van der Waals surface area contributed by atoms with Crippen molar-refractivity contribution >= 4 is 23.3 Å². The average molecular weight is 483 g/mol. The van der Waals surface area contributed by atoms with Crippen molar-refractivity contribution in [2.45, 2.75) is 19.3 Å². The van der Waals surface area contributed by atoms with Gasteiger partial charge in [0, 0.05) is 35.5 Å². The molecule has 0 radical (unpaired) electrons. The van der Waals surface area contributed by atoms with Crippen LogP contribution < -0.4 is 24.4 Å². The molecule has 0 spiro atoms. The Balaban J connectivity index is 1.58. The van der Waals surface area contributed by atoms with E-state index in [1.165, 1.54) is 39.5 Å². The smallest absolute Gasteiger partial charge is 0.325 e. The normalized spacial score (nSPS) is 14.8. The van der Waals surface area contributed by atoms with Crippen LogP contribution in [0.25, 0.3) is 0 Å². The van der Waals surface area contributed by atoms with E-state index < -0.39 is 25.0 Å². The minimum atomic E-state index is -0.736. The van der Waals surface area contributed by atoms with Gasteiger partial charge in [-0.25, -0.2) is 0 Å². The number of carbonyl (C=O) groups excluding carboxylic acids is 3. The summed E-state index contributed by atoms with van der Waals surface area (Å²) in [5, 5.41) is 2.47. The third-order valence-corrected chi connectivity index (χ3v) is 5.93. The van der Waals surface area contributed by atoms with E-state index >= 15 is 0 Å².